The smallest absolute Gasteiger partial charge is 0.320 e. The minimum atomic E-state index is 0.0218. The third kappa shape index (κ3) is 5.09. The van der Waals surface area contributed by atoms with E-state index >= 15 is 0 Å². The Hall–Kier alpha value is -1.89. The number of rotatable bonds is 9. The molecule has 0 saturated carbocycles. The zero-order valence-corrected chi connectivity index (χ0v) is 16.6. The lowest BCUT2D eigenvalue weighted by Gasteiger charge is -2.23. The molecule has 0 aliphatic carbocycles. The molecule has 2 N–H and O–H groups in total. The Morgan fingerprint density at radius 2 is 2.19 bits per heavy atom. The highest BCUT2D eigenvalue weighted by Gasteiger charge is 2.32. The number of fused-ring (bicyclic) bond motifs is 1. The van der Waals surface area contributed by atoms with E-state index in [4.69, 9.17) is 15.2 Å². The largest absolute Gasteiger partial charge is 0.460 e. The molecular formula is C20H32N4O3. The molecule has 2 atom stereocenters. The van der Waals surface area contributed by atoms with Gasteiger partial charge in [-0.25, -0.2) is 0 Å². The van der Waals surface area contributed by atoms with E-state index < -0.39 is 0 Å². The van der Waals surface area contributed by atoms with Crippen molar-refractivity contribution in [3.8, 4) is 6.01 Å². The Morgan fingerprint density at radius 1 is 1.33 bits per heavy atom. The fourth-order valence-corrected chi connectivity index (χ4v) is 3.83. The van der Waals surface area contributed by atoms with E-state index in [2.05, 4.69) is 16.9 Å². The summed E-state index contributed by atoms with van der Waals surface area (Å²) in [6.45, 7) is 5.64. The number of amides is 1. The third-order valence-corrected chi connectivity index (χ3v) is 5.32. The van der Waals surface area contributed by atoms with Crippen LogP contribution in [0.2, 0.25) is 0 Å². The Bertz CT molecular complexity index is 646. The van der Waals surface area contributed by atoms with Gasteiger partial charge in [-0.2, -0.15) is 9.97 Å². The highest BCUT2D eigenvalue weighted by atomic mass is 16.5. The molecule has 1 unspecified atom stereocenters. The summed E-state index contributed by atoms with van der Waals surface area (Å²) in [5.74, 6) is 1.02. The van der Waals surface area contributed by atoms with E-state index in [1.54, 1.807) is 4.90 Å². The maximum Gasteiger partial charge on any atom is 0.320 e. The molecular weight excluding hydrogens is 344 g/mol. The number of nitrogens with zero attached hydrogens (tertiary/aromatic N) is 3. The Morgan fingerprint density at radius 3 is 2.93 bits per heavy atom. The number of unbranched alkanes of at least 4 members (excludes halogenated alkanes) is 1. The number of hydrogen-bond acceptors (Lipinski definition) is 6. The molecule has 3 rings (SSSR count). The molecule has 0 spiro atoms. The molecule has 3 heterocycles. The lowest BCUT2D eigenvalue weighted by Crippen LogP contribution is -2.29. The van der Waals surface area contributed by atoms with E-state index in [-0.39, 0.29) is 24.4 Å². The second-order valence-electron chi connectivity index (χ2n) is 7.62. The van der Waals surface area contributed by atoms with Crippen molar-refractivity contribution in [1.82, 2.24) is 9.97 Å². The fraction of sp³-hybridized carbons (Fsp3) is 0.750. The summed E-state index contributed by atoms with van der Waals surface area (Å²) in [6, 6.07) is 0.266. The zero-order chi connectivity index (χ0) is 19.2. The molecule has 1 fully saturated rings. The molecule has 0 aromatic carbocycles. The number of nitrogens with two attached hydrogens (primary N) is 1. The molecule has 1 aromatic heterocycles. The number of nitrogen functional groups attached to an aromatic ring is 1. The van der Waals surface area contributed by atoms with Crippen molar-refractivity contribution < 1.29 is 14.3 Å². The van der Waals surface area contributed by atoms with Gasteiger partial charge in [-0.3, -0.25) is 9.69 Å². The van der Waals surface area contributed by atoms with Gasteiger partial charge in [0.2, 0.25) is 5.91 Å². The molecule has 0 bridgehead atoms. The van der Waals surface area contributed by atoms with Crippen LogP contribution in [0, 0.1) is 0 Å². The predicted molar refractivity (Wildman–Crippen MR) is 105 cm³/mol. The van der Waals surface area contributed by atoms with Crippen LogP contribution in [0.25, 0.3) is 0 Å². The summed E-state index contributed by atoms with van der Waals surface area (Å²) in [4.78, 5) is 22.9. The lowest BCUT2D eigenvalue weighted by molar-refractivity contribution is -0.117. The van der Waals surface area contributed by atoms with Gasteiger partial charge in [0.1, 0.15) is 11.6 Å². The maximum absolute atomic E-state index is 12.5. The van der Waals surface area contributed by atoms with Crippen LogP contribution in [0.3, 0.4) is 0 Å². The number of hydrogen-bond donors (Lipinski definition) is 1. The summed E-state index contributed by atoms with van der Waals surface area (Å²) in [6.07, 6.45) is 9.26. The highest BCUT2D eigenvalue weighted by molar-refractivity contribution is 6.01. The van der Waals surface area contributed by atoms with Crippen molar-refractivity contribution >= 4 is 17.5 Å². The Kier molecular flexibility index (Phi) is 6.88. The molecule has 1 amide bonds. The minimum Gasteiger partial charge on any atom is -0.460 e. The quantitative estimate of drug-likeness (QED) is 0.665. The van der Waals surface area contributed by atoms with Crippen LogP contribution >= 0.6 is 0 Å². The average molecular weight is 377 g/mol. The van der Waals surface area contributed by atoms with E-state index in [1.807, 2.05) is 6.92 Å². The predicted octanol–water partition coefficient (Wildman–Crippen LogP) is 3.25. The summed E-state index contributed by atoms with van der Waals surface area (Å²) in [5, 5.41) is 0. The van der Waals surface area contributed by atoms with Crippen molar-refractivity contribution in [2.24, 2.45) is 0 Å². The van der Waals surface area contributed by atoms with Crippen molar-refractivity contribution in [3.63, 3.8) is 0 Å². The van der Waals surface area contributed by atoms with Crippen LogP contribution in [-0.2, 0) is 16.0 Å². The standard InChI is InChI=1S/C20H32N4O3/c1-3-8-14(2)27-20-22-18(21)16-13-17(25)24(19(16)23-20)11-6-4-9-15-10-5-7-12-26-15/h14-15H,3-13H2,1-2H3,(H2,21,22,23)/t14-,15?/m1/s1. The van der Waals surface area contributed by atoms with Crippen LogP contribution in [0.15, 0.2) is 0 Å². The first-order valence-electron chi connectivity index (χ1n) is 10.3. The molecule has 150 valence electrons. The van der Waals surface area contributed by atoms with Gasteiger partial charge in [-0.15, -0.1) is 0 Å². The van der Waals surface area contributed by atoms with Crippen molar-refractivity contribution in [2.45, 2.75) is 83.8 Å². The van der Waals surface area contributed by atoms with E-state index in [0.29, 0.717) is 24.3 Å². The van der Waals surface area contributed by atoms with Gasteiger partial charge in [0.25, 0.3) is 0 Å². The molecule has 2 aliphatic heterocycles. The number of aromatic nitrogens is 2. The molecule has 1 aromatic rings. The van der Waals surface area contributed by atoms with Gasteiger partial charge in [0.15, 0.2) is 0 Å². The first-order valence-corrected chi connectivity index (χ1v) is 10.3. The lowest BCUT2D eigenvalue weighted by atomic mass is 10.0. The SMILES string of the molecule is CCC[C@@H](C)Oc1nc(N)c2c(n1)N(CCCCC1CCCCO1)C(=O)C2. The van der Waals surface area contributed by atoms with Crippen LogP contribution in [0.1, 0.15) is 70.8 Å². The minimum absolute atomic E-state index is 0.0218. The molecule has 7 heteroatoms. The van der Waals surface area contributed by atoms with Crippen molar-refractivity contribution in [3.05, 3.63) is 5.56 Å². The van der Waals surface area contributed by atoms with Gasteiger partial charge in [0, 0.05) is 18.7 Å². The second kappa shape index (κ2) is 9.35. The molecule has 0 radical (unpaired) electrons. The van der Waals surface area contributed by atoms with Gasteiger partial charge >= 0.3 is 6.01 Å². The van der Waals surface area contributed by atoms with Gasteiger partial charge in [-0.05, 0) is 51.9 Å². The summed E-state index contributed by atoms with van der Waals surface area (Å²) >= 11 is 0. The number of carbonyl (C=O) groups excluding carboxylic acids is 1. The monoisotopic (exact) mass is 376 g/mol. The van der Waals surface area contributed by atoms with Crippen molar-refractivity contribution in [1.29, 1.82) is 0 Å². The summed E-state index contributed by atoms with van der Waals surface area (Å²) < 4.78 is 11.6. The molecule has 7 nitrogen and oxygen atoms in total. The van der Waals surface area contributed by atoms with Crippen molar-refractivity contribution in [2.75, 3.05) is 23.8 Å². The first-order chi connectivity index (χ1) is 13.1. The second-order valence-corrected chi connectivity index (χ2v) is 7.62. The normalized spacial score (nSPS) is 20.6. The Labute approximate surface area is 161 Å². The van der Waals surface area contributed by atoms with Gasteiger partial charge in [-0.1, -0.05) is 13.3 Å². The summed E-state index contributed by atoms with van der Waals surface area (Å²) in [5.41, 5.74) is 6.80. The van der Waals surface area contributed by atoms with Gasteiger partial charge < -0.3 is 15.2 Å². The molecule has 1 saturated heterocycles. The fourth-order valence-electron chi connectivity index (χ4n) is 3.83. The number of anilines is 2. The highest BCUT2D eigenvalue weighted by Crippen LogP contribution is 2.32. The van der Waals surface area contributed by atoms with Crippen LogP contribution in [0.4, 0.5) is 11.6 Å². The topological polar surface area (TPSA) is 90.6 Å². The number of carbonyl (C=O) groups is 1. The van der Waals surface area contributed by atoms with E-state index in [9.17, 15) is 4.79 Å². The Balaban J connectivity index is 1.59. The van der Waals surface area contributed by atoms with E-state index in [0.717, 1.165) is 50.7 Å². The molecule has 27 heavy (non-hydrogen) atoms. The van der Waals surface area contributed by atoms with Crippen LogP contribution in [0.5, 0.6) is 6.01 Å². The number of ether oxygens (including phenoxy) is 2. The third-order valence-electron chi connectivity index (χ3n) is 5.32. The first kappa shape index (κ1) is 19.9. The van der Waals surface area contributed by atoms with Gasteiger partial charge in [0.05, 0.1) is 18.6 Å². The maximum atomic E-state index is 12.5. The molecule has 2 aliphatic rings. The van der Waals surface area contributed by atoms with Crippen LogP contribution in [-0.4, -0.2) is 41.2 Å². The average Bonchev–Trinajstić information content (AvgIpc) is 2.96. The summed E-state index contributed by atoms with van der Waals surface area (Å²) in [7, 11) is 0. The van der Waals surface area contributed by atoms with E-state index in [1.165, 1.54) is 12.8 Å². The zero-order valence-electron chi connectivity index (χ0n) is 16.6. The van der Waals surface area contributed by atoms with Crippen LogP contribution < -0.4 is 15.4 Å².